The molecule has 0 aliphatic rings. The predicted molar refractivity (Wildman–Crippen MR) is 90.4 cm³/mol. The summed E-state index contributed by atoms with van der Waals surface area (Å²) >= 11 is 12.9. The largest absolute Gasteiger partial charge is 0.399 e. The molecule has 0 heterocycles. The van der Waals surface area contributed by atoms with E-state index in [0.29, 0.717) is 22.0 Å². The molecule has 20 heavy (non-hydrogen) atoms. The van der Waals surface area contributed by atoms with Gasteiger partial charge < -0.3 is 11.1 Å². The molecule has 0 fully saturated rings. The average molecular weight is 419 g/mol. The Morgan fingerprint density at radius 1 is 1.20 bits per heavy atom. The lowest BCUT2D eigenvalue weighted by Crippen LogP contribution is -2.13. The minimum atomic E-state index is -0.291. The molecule has 0 aromatic heterocycles. The third-order valence-corrected chi connectivity index (χ3v) is 4.23. The maximum atomic E-state index is 12.3. The summed E-state index contributed by atoms with van der Waals surface area (Å²) < 4.78 is 1.59. The summed E-state index contributed by atoms with van der Waals surface area (Å²) in [5.41, 5.74) is 8.24. The first kappa shape index (κ1) is 15.4. The first-order chi connectivity index (χ1) is 9.38. The number of nitrogen functional groups attached to an aromatic ring is 1. The van der Waals surface area contributed by atoms with Crippen molar-refractivity contribution >= 4 is 60.7 Å². The topological polar surface area (TPSA) is 55.1 Å². The Morgan fingerprint density at radius 2 is 1.80 bits per heavy atom. The van der Waals surface area contributed by atoms with Gasteiger partial charge >= 0.3 is 0 Å². The Bertz CT molecular complexity index is 666. The van der Waals surface area contributed by atoms with E-state index in [1.807, 2.05) is 19.1 Å². The van der Waals surface area contributed by atoms with E-state index in [4.69, 9.17) is 17.3 Å². The number of anilines is 2. The van der Waals surface area contributed by atoms with Gasteiger partial charge in [0.05, 0.1) is 16.3 Å². The summed E-state index contributed by atoms with van der Waals surface area (Å²) in [6.45, 7) is 1.97. The molecular weight excluding hydrogens is 407 g/mol. The monoisotopic (exact) mass is 416 g/mol. The average Bonchev–Trinajstić information content (AvgIpc) is 2.33. The van der Waals surface area contributed by atoms with Crippen LogP contribution in [-0.2, 0) is 0 Å². The summed E-state index contributed by atoms with van der Waals surface area (Å²) in [4.78, 5) is 12.3. The molecule has 0 saturated heterocycles. The van der Waals surface area contributed by atoms with Gasteiger partial charge in [0, 0.05) is 14.6 Å². The van der Waals surface area contributed by atoms with Crippen molar-refractivity contribution in [2.45, 2.75) is 6.92 Å². The maximum absolute atomic E-state index is 12.3. The van der Waals surface area contributed by atoms with E-state index in [1.165, 1.54) is 0 Å². The van der Waals surface area contributed by atoms with Gasteiger partial charge in [0.2, 0.25) is 0 Å². The minimum Gasteiger partial charge on any atom is -0.399 e. The number of hydrogen-bond donors (Lipinski definition) is 2. The first-order valence-corrected chi connectivity index (χ1v) is 7.67. The van der Waals surface area contributed by atoms with E-state index in [9.17, 15) is 4.79 Å². The first-order valence-electron chi connectivity index (χ1n) is 5.70. The van der Waals surface area contributed by atoms with E-state index >= 15 is 0 Å². The van der Waals surface area contributed by atoms with Crippen LogP contribution in [-0.4, -0.2) is 5.91 Å². The lowest BCUT2D eigenvalue weighted by molar-refractivity contribution is 0.102. The van der Waals surface area contributed by atoms with Crippen molar-refractivity contribution < 1.29 is 4.79 Å². The van der Waals surface area contributed by atoms with Crippen molar-refractivity contribution in [2.24, 2.45) is 0 Å². The number of carbonyl (C=O) groups excluding carboxylic acids is 1. The zero-order chi connectivity index (χ0) is 14.9. The fraction of sp³-hybridized carbons (Fsp3) is 0.0714. The summed E-state index contributed by atoms with van der Waals surface area (Å²) in [6.07, 6.45) is 0. The molecule has 0 bridgehead atoms. The Morgan fingerprint density at radius 3 is 2.35 bits per heavy atom. The highest BCUT2D eigenvalue weighted by atomic mass is 79.9. The third kappa shape index (κ3) is 3.34. The Hall–Kier alpha value is -1.04. The van der Waals surface area contributed by atoms with Gasteiger partial charge in [-0.15, -0.1) is 0 Å². The number of benzene rings is 2. The van der Waals surface area contributed by atoms with Crippen LogP contribution in [0.4, 0.5) is 11.4 Å². The number of rotatable bonds is 2. The molecule has 2 aromatic rings. The molecule has 3 nitrogen and oxygen atoms in total. The second kappa shape index (κ2) is 6.16. The molecule has 2 rings (SSSR count). The predicted octanol–water partition coefficient (Wildman–Crippen LogP) is 5.01. The molecule has 1 amide bonds. The number of nitrogens with two attached hydrogens (primary N) is 1. The van der Waals surface area contributed by atoms with E-state index in [-0.39, 0.29) is 5.91 Å². The summed E-state index contributed by atoms with van der Waals surface area (Å²) in [7, 11) is 0. The molecule has 2 aromatic carbocycles. The fourth-order valence-corrected chi connectivity index (χ4v) is 3.60. The smallest absolute Gasteiger partial charge is 0.257 e. The summed E-state index contributed by atoms with van der Waals surface area (Å²) in [6, 6.07) is 8.63. The summed E-state index contributed by atoms with van der Waals surface area (Å²) in [5.74, 6) is -0.291. The summed E-state index contributed by atoms with van der Waals surface area (Å²) in [5, 5.41) is 3.15. The highest BCUT2D eigenvalue weighted by Crippen LogP contribution is 2.33. The second-order valence-corrected chi connectivity index (χ2v) is 6.41. The van der Waals surface area contributed by atoms with Gasteiger partial charge in [-0.2, -0.15) is 0 Å². The van der Waals surface area contributed by atoms with Crippen molar-refractivity contribution in [1.29, 1.82) is 0 Å². The van der Waals surface area contributed by atoms with Crippen molar-refractivity contribution in [3.8, 4) is 0 Å². The van der Waals surface area contributed by atoms with Crippen LogP contribution in [0.3, 0.4) is 0 Å². The van der Waals surface area contributed by atoms with E-state index < -0.39 is 0 Å². The van der Waals surface area contributed by atoms with Crippen LogP contribution in [0.25, 0.3) is 0 Å². The lowest BCUT2D eigenvalue weighted by Gasteiger charge is -2.11. The van der Waals surface area contributed by atoms with E-state index in [1.54, 1.807) is 18.2 Å². The number of aryl methyl sites for hydroxylation is 1. The van der Waals surface area contributed by atoms with Crippen LogP contribution in [0.1, 0.15) is 15.9 Å². The molecule has 104 valence electrons. The van der Waals surface area contributed by atoms with Gasteiger partial charge in [-0.25, -0.2) is 0 Å². The van der Waals surface area contributed by atoms with E-state index in [2.05, 4.69) is 37.2 Å². The molecule has 0 aliphatic heterocycles. The standard InChI is InChI=1S/C14H11Br2ClN2O/c1-7-4-10(15)13(11(16)5-7)19-14(20)9-3-2-8(18)6-12(9)17/h2-6H,18H2,1H3,(H,19,20). The lowest BCUT2D eigenvalue weighted by atomic mass is 10.1. The van der Waals surface area contributed by atoms with Crippen LogP contribution in [0.2, 0.25) is 5.02 Å². The highest BCUT2D eigenvalue weighted by Gasteiger charge is 2.14. The van der Waals surface area contributed by atoms with E-state index in [0.717, 1.165) is 14.5 Å². The van der Waals surface area contributed by atoms with Gasteiger partial charge in [0.15, 0.2) is 0 Å². The van der Waals surface area contributed by atoms with Gasteiger partial charge in [-0.1, -0.05) is 11.6 Å². The molecule has 0 radical (unpaired) electrons. The number of halogens is 3. The number of carbonyl (C=O) groups is 1. The van der Waals surface area contributed by atoms with Crippen LogP contribution < -0.4 is 11.1 Å². The molecule has 0 aliphatic carbocycles. The molecule has 0 atom stereocenters. The second-order valence-electron chi connectivity index (χ2n) is 4.30. The van der Waals surface area contributed by atoms with Crippen LogP contribution in [0, 0.1) is 6.92 Å². The van der Waals surface area contributed by atoms with Crippen molar-refractivity contribution in [2.75, 3.05) is 11.1 Å². The quantitative estimate of drug-likeness (QED) is 0.674. The zero-order valence-corrected chi connectivity index (χ0v) is 14.4. The number of nitrogens with one attached hydrogen (secondary N) is 1. The SMILES string of the molecule is Cc1cc(Br)c(NC(=O)c2ccc(N)cc2Cl)c(Br)c1. The Labute approximate surface area is 138 Å². The van der Waals surface area contributed by atoms with Gasteiger partial charge in [0.1, 0.15) is 0 Å². The van der Waals surface area contributed by atoms with Gasteiger partial charge in [-0.3, -0.25) is 4.79 Å². The van der Waals surface area contributed by atoms with Gasteiger partial charge in [-0.05, 0) is 74.7 Å². The Balaban J connectivity index is 2.33. The minimum absolute atomic E-state index is 0.291. The number of hydrogen-bond acceptors (Lipinski definition) is 2. The third-order valence-electron chi connectivity index (χ3n) is 2.66. The molecular formula is C14H11Br2ClN2O. The molecule has 0 spiro atoms. The van der Waals surface area contributed by atoms with Crippen molar-refractivity contribution in [3.05, 3.63) is 55.4 Å². The highest BCUT2D eigenvalue weighted by molar-refractivity contribution is 9.11. The number of amides is 1. The van der Waals surface area contributed by atoms with Crippen molar-refractivity contribution in [3.63, 3.8) is 0 Å². The van der Waals surface area contributed by atoms with Crippen LogP contribution >= 0.6 is 43.5 Å². The zero-order valence-electron chi connectivity index (χ0n) is 10.5. The van der Waals surface area contributed by atoms with Gasteiger partial charge in [0.25, 0.3) is 5.91 Å². The molecule has 3 N–H and O–H groups in total. The van der Waals surface area contributed by atoms with Crippen LogP contribution in [0.5, 0.6) is 0 Å². The van der Waals surface area contributed by atoms with Crippen molar-refractivity contribution in [1.82, 2.24) is 0 Å². The fourth-order valence-electron chi connectivity index (χ4n) is 1.72. The Kier molecular flexibility index (Phi) is 4.73. The molecule has 0 unspecified atom stereocenters. The normalized spacial score (nSPS) is 10.4. The molecule has 0 saturated carbocycles. The van der Waals surface area contributed by atoms with Crippen LogP contribution in [0.15, 0.2) is 39.3 Å². The maximum Gasteiger partial charge on any atom is 0.257 e. The molecule has 6 heteroatoms.